The van der Waals surface area contributed by atoms with E-state index in [-0.39, 0.29) is 21.6 Å². The summed E-state index contributed by atoms with van der Waals surface area (Å²) in [5.74, 6) is 1.09. The van der Waals surface area contributed by atoms with E-state index in [4.69, 9.17) is 0 Å². The number of alkyl halides is 3. The van der Waals surface area contributed by atoms with E-state index in [0.717, 1.165) is 51.4 Å². The standard InChI is InChI=1S/C33H47F3O4S/c1-21(29(18-23(37)20-33(34,35)36)41(39,40)24-8-6-5-7-9-24)26-12-13-27-25-11-10-22-19-30(2,38)16-17-31(22,3)28(25)14-15-32(26,27)4/h5-10,21,23,25-29,37-38H,11-20H2,1-4H3/t21-,23?,25-,26+,27-,28-,29?,30-,31?,32+/m0/s1. The van der Waals surface area contributed by atoms with Gasteiger partial charge in [-0.05, 0) is 117 Å². The smallest absolute Gasteiger partial charge is 0.391 e. The normalized spacial score (nSPS) is 39.6. The quantitative estimate of drug-likeness (QED) is 0.320. The minimum absolute atomic E-state index is 0.0419. The molecular formula is C33H47F3O4S. The Labute approximate surface area is 243 Å². The average Bonchev–Trinajstić information content (AvgIpc) is 3.24. The summed E-state index contributed by atoms with van der Waals surface area (Å²) in [6.45, 7) is 8.52. The first kappa shape index (κ1) is 31.1. The van der Waals surface area contributed by atoms with Gasteiger partial charge in [-0.15, -0.1) is 0 Å². The fourth-order valence-corrected chi connectivity index (χ4v) is 12.1. The lowest BCUT2D eigenvalue weighted by atomic mass is 9.46. The van der Waals surface area contributed by atoms with Crippen LogP contribution in [-0.2, 0) is 9.84 Å². The predicted octanol–water partition coefficient (Wildman–Crippen LogP) is 7.50. The molecule has 0 radical (unpaired) electrons. The lowest BCUT2D eigenvalue weighted by Gasteiger charge is -2.59. The second kappa shape index (κ2) is 10.7. The van der Waals surface area contributed by atoms with E-state index in [9.17, 15) is 31.8 Å². The predicted molar refractivity (Wildman–Crippen MR) is 154 cm³/mol. The molecule has 1 aromatic carbocycles. The van der Waals surface area contributed by atoms with Crippen LogP contribution in [-0.4, -0.2) is 41.8 Å². The molecule has 0 amide bonds. The first-order valence-electron chi connectivity index (χ1n) is 15.4. The Hall–Kier alpha value is -1.38. The third kappa shape index (κ3) is 5.66. The fraction of sp³-hybridized carbons (Fsp3) is 0.758. The van der Waals surface area contributed by atoms with Crippen LogP contribution in [0.5, 0.6) is 0 Å². The Bertz CT molecular complexity index is 1240. The van der Waals surface area contributed by atoms with Gasteiger partial charge in [0.15, 0.2) is 9.84 Å². The van der Waals surface area contributed by atoms with Crippen molar-refractivity contribution in [1.29, 1.82) is 0 Å². The lowest BCUT2D eigenvalue weighted by molar-refractivity contribution is -0.154. The number of halogens is 3. The molecule has 3 fully saturated rings. The maximum Gasteiger partial charge on any atom is 0.391 e. The zero-order valence-electron chi connectivity index (χ0n) is 24.8. The molecule has 8 heteroatoms. The molecule has 0 saturated heterocycles. The number of hydrogen-bond acceptors (Lipinski definition) is 4. The number of hydrogen-bond donors (Lipinski definition) is 2. The monoisotopic (exact) mass is 596 g/mol. The van der Waals surface area contributed by atoms with Gasteiger partial charge in [-0.2, -0.15) is 13.2 Å². The molecule has 0 aromatic heterocycles. The van der Waals surface area contributed by atoms with Crippen molar-refractivity contribution in [3.63, 3.8) is 0 Å². The van der Waals surface area contributed by atoms with Crippen LogP contribution < -0.4 is 0 Å². The molecule has 0 heterocycles. The first-order chi connectivity index (χ1) is 19.0. The molecule has 5 rings (SSSR count). The maximum atomic E-state index is 14.0. The highest BCUT2D eigenvalue weighted by Crippen LogP contribution is 2.68. The Morgan fingerprint density at radius 3 is 2.34 bits per heavy atom. The van der Waals surface area contributed by atoms with Gasteiger partial charge in [-0.25, -0.2) is 8.42 Å². The van der Waals surface area contributed by atoms with Crippen molar-refractivity contribution in [2.75, 3.05) is 0 Å². The summed E-state index contributed by atoms with van der Waals surface area (Å²) in [7, 11) is -3.97. The summed E-state index contributed by atoms with van der Waals surface area (Å²) >= 11 is 0. The SMILES string of the molecule is C[C@H](C(CC(O)CC(F)(F)F)S(=O)(=O)c1ccccc1)[C@H]1CC[C@H]2[C@@H]3CC=C4C[C@@](C)(O)CCC4(C)[C@H]3CC[C@]12C. The summed E-state index contributed by atoms with van der Waals surface area (Å²) in [6.07, 6.45) is 1.55. The van der Waals surface area contributed by atoms with Gasteiger partial charge in [0.2, 0.25) is 0 Å². The molecule has 41 heavy (non-hydrogen) atoms. The van der Waals surface area contributed by atoms with E-state index in [1.165, 1.54) is 17.7 Å². The van der Waals surface area contributed by atoms with E-state index < -0.39 is 51.7 Å². The van der Waals surface area contributed by atoms with E-state index in [2.05, 4.69) is 19.9 Å². The van der Waals surface area contributed by atoms with Crippen molar-refractivity contribution in [3.8, 4) is 0 Å². The highest BCUT2D eigenvalue weighted by molar-refractivity contribution is 7.92. The Morgan fingerprint density at radius 2 is 1.68 bits per heavy atom. The Morgan fingerprint density at radius 1 is 1.00 bits per heavy atom. The fourth-order valence-electron chi connectivity index (χ4n) is 10.00. The number of aliphatic hydroxyl groups excluding tert-OH is 1. The van der Waals surface area contributed by atoms with Crippen molar-refractivity contribution in [2.45, 2.75) is 120 Å². The second-order valence-corrected chi connectivity index (χ2v) is 16.8. The molecule has 4 nitrogen and oxygen atoms in total. The minimum atomic E-state index is -4.57. The highest BCUT2D eigenvalue weighted by Gasteiger charge is 2.60. The van der Waals surface area contributed by atoms with Crippen LogP contribution in [0, 0.1) is 40.4 Å². The van der Waals surface area contributed by atoms with Crippen LogP contribution in [0.1, 0.15) is 91.9 Å². The Kier molecular flexibility index (Phi) is 8.07. The second-order valence-electron chi connectivity index (χ2n) is 14.6. The van der Waals surface area contributed by atoms with Crippen molar-refractivity contribution < 1.29 is 31.8 Å². The number of sulfone groups is 1. The molecule has 4 aliphatic rings. The van der Waals surface area contributed by atoms with Gasteiger partial charge in [0.1, 0.15) is 0 Å². The van der Waals surface area contributed by atoms with Gasteiger partial charge in [-0.3, -0.25) is 0 Å². The molecule has 0 spiro atoms. The van der Waals surface area contributed by atoms with Crippen LogP contribution in [0.2, 0.25) is 0 Å². The van der Waals surface area contributed by atoms with Crippen molar-refractivity contribution >= 4 is 9.84 Å². The lowest BCUT2D eigenvalue weighted by Crippen LogP contribution is -2.52. The van der Waals surface area contributed by atoms with Gasteiger partial charge in [-0.1, -0.05) is 50.6 Å². The van der Waals surface area contributed by atoms with E-state index in [0.29, 0.717) is 17.8 Å². The molecule has 4 aliphatic carbocycles. The highest BCUT2D eigenvalue weighted by atomic mass is 32.2. The third-order valence-electron chi connectivity index (χ3n) is 12.1. The number of benzene rings is 1. The molecule has 3 unspecified atom stereocenters. The van der Waals surface area contributed by atoms with Crippen LogP contribution in [0.25, 0.3) is 0 Å². The van der Waals surface area contributed by atoms with Crippen molar-refractivity contribution in [1.82, 2.24) is 0 Å². The number of fused-ring (bicyclic) bond motifs is 5. The first-order valence-corrected chi connectivity index (χ1v) is 17.0. The van der Waals surface area contributed by atoms with Crippen LogP contribution in [0.4, 0.5) is 13.2 Å². The van der Waals surface area contributed by atoms with Crippen LogP contribution >= 0.6 is 0 Å². The Balaban J connectivity index is 1.43. The van der Waals surface area contributed by atoms with Crippen LogP contribution in [0.3, 0.4) is 0 Å². The van der Waals surface area contributed by atoms with Crippen molar-refractivity contribution in [3.05, 3.63) is 42.0 Å². The largest absolute Gasteiger partial charge is 0.393 e. The number of rotatable bonds is 7. The molecule has 1 aromatic rings. The molecule has 0 bridgehead atoms. The summed E-state index contributed by atoms with van der Waals surface area (Å²) in [5, 5.41) is 20.1. The summed E-state index contributed by atoms with van der Waals surface area (Å²) in [6, 6.07) is 7.98. The molecular weight excluding hydrogens is 549 g/mol. The minimum Gasteiger partial charge on any atom is -0.393 e. The summed E-state index contributed by atoms with van der Waals surface area (Å²) in [4.78, 5) is 0.102. The zero-order chi connectivity index (χ0) is 30.0. The third-order valence-corrected chi connectivity index (χ3v) is 14.5. The summed E-state index contributed by atoms with van der Waals surface area (Å²) in [5.41, 5.74) is 0.721. The van der Waals surface area contributed by atoms with E-state index >= 15 is 0 Å². The average molecular weight is 597 g/mol. The van der Waals surface area contributed by atoms with Gasteiger partial charge in [0.05, 0.1) is 28.3 Å². The molecule has 2 N–H and O–H groups in total. The van der Waals surface area contributed by atoms with Gasteiger partial charge in [0.25, 0.3) is 0 Å². The topological polar surface area (TPSA) is 74.6 Å². The maximum absolute atomic E-state index is 14.0. The molecule has 3 saturated carbocycles. The van der Waals surface area contributed by atoms with E-state index in [1.54, 1.807) is 18.2 Å². The number of allylic oxidation sites excluding steroid dienone is 1. The van der Waals surface area contributed by atoms with Gasteiger partial charge in [0, 0.05) is 0 Å². The van der Waals surface area contributed by atoms with Crippen LogP contribution in [0.15, 0.2) is 46.9 Å². The van der Waals surface area contributed by atoms with Gasteiger partial charge < -0.3 is 10.2 Å². The number of aliphatic hydroxyl groups is 2. The zero-order valence-corrected chi connectivity index (χ0v) is 25.6. The summed E-state index contributed by atoms with van der Waals surface area (Å²) < 4.78 is 67.5. The van der Waals surface area contributed by atoms with E-state index in [1.807, 2.05) is 13.8 Å². The molecule has 0 aliphatic heterocycles. The molecule has 10 atom stereocenters. The van der Waals surface area contributed by atoms with Crippen molar-refractivity contribution in [2.24, 2.45) is 40.4 Å². The molecule has 230 valence electrons. The van der Waals surface area contributed by atoms with Gasteiger partial charge >= 0.3 is 6.18 Å².